The molecule has 5 nitrogen and oxygen atoms in total. The second-order valence-electron chi connectivity index (χ2n) is 12.9. The molecule has 7 aromatic rings. The first kappa shape index (κ1) is 30.8. The summed E-state index contributed by atoms with van der Waals surface area (Å²) in [6.07, 6.45) is 0. The van der Waals surface area contributed by atoms with Gasteiger partial charge in [-0.15, -0.1) is 0 Å². The van der Waals surface area contributed by atoms with Crippen LogP contribution in [0.25, 0.3) is 22.3 Å². The zero-order valence-corrected chi connectivity index (χ0v) is 30.9. The van der Waals surface area contributed by atoms with E-state index in [0.717, 1.165) is 50.7 Å². The molecule has 3 heterocycles. The molecule has 0 N–H and O–H groups in total. The summed E-state index contributed by atoms with van der Waals surface area (Å²) in [7, 11) is 4.41. The molecule has 3 aliphatic rings. The summed E-state index contributed by atoms with van der Waals surface area (Å²) in [5.41, 5.74) is 14.3. The minimum absolute atomic E-state index is 0.741. The molecule has 0 saturated carbocycles. The molecule has 0 spiro atoms. The van der Waals surface area contributed by atoms with E-state index in [1.165, 1.54) is 31.0 Å². The second-order valence-corrected chi connectivity index (χ2v) is 15.5. The van der Waals surface area contributed by atoms with Crippen LogP contribution in [0.2, 0.25) is 0 Å². The Labute approximate surface area is 312 Å². The first-order chi connectivity index (χ1) is 25.7. The molecule has 254 valence electrons. The van der Waals surface area contributed by atoms with Crippen molar-refractivity contribution in [3.63, 3.8) is 0 Å². The van der Waals surface area contributed by atoms with Gasteiger partial charge in [0.05, 0.1) is 0 Å². The molecule has 7 aromatic carbocycles. The fourth-order valence-electron chi connectivity index (χ4n) is 7.49. The van der Waals surface area contributed by atoms with Gasteiger partial charge in [-0.2, -0.15) is 0 Å². The van der Waals surface area contributed by atoms with E-state index in [1.54, 1.807) is 0 Å². The van der Waals surface area contributed by atoms with Gasteiger partial charge in [0.2, 0.25) is 0 Å². The van der Waals surface area contributed by atoms with E-state index in [9.17, 15) is 0 Å². The predicted molar refractivity (Wildman–Crippen MR) is 214 cm³/mol. The number of hydrogen-bond acceptors (Lipinski definition) is 5. The second kappa shape index (κ2) is 12.3. The summed E-state index contributed by atoms with van der Waals surface area (Å²) in [5, 5.41) is 0. The Morgan fingerprint density at radius 3 is 1.17 bits per heavy atom. The van der Waals surface area contributed by atoms with Crippen molar-refractivity contribution in [2.75, 3.05) is 38.6 Å². The molecule has 0 aliphatic carbocycles. The van der Waals surface area contributed by atoms with E-state index >= 15 is 0 Å². The summed E-state index contributed by atoms with van der Waals surface area (Å²) < 4.78 is 2.54. The average Bonchev–Trinajstić information content (AvgIpc) is 3.65. The van der Waals surface area contributed by atoms with E-state index in [0.29, 0.717) is 0 Å². The Morgan fingerprint density at radius 2 is 0.731 bits per heavy atom. The summed E-state index contributed by atoms with van der Waals surface area (Å²) in [6, 6.07) is 66.6. The van der Waals surface area contributed by atoms with Crippen molar-refractivity contribution < 1.29 is 17.6 Å². The monoisotopic (exact) mass is 850 g/mol. The quantitative estimate of drug-likeness (QED) is 0.164. The van der Waals surface area contributed by atoms with Crippen LogP contribution in [-0.4, -0.2) is 22.4 Å². The van der Waals surface area contributed by atoms with Crippen molar-refractivity contribution in [1.82, 2.24) is 0 Å². The fraction of sp³-hybridized carbons (Fsp3) is 0.0435. The Morgan fingerprint density at radius 1 is 0.365 bits per heavy atom. The van der Waals surface area contributed by atoms with Gasteiger partial charge in [-0.3, -0.25) is 0 Å². The van der Waals surface area contributed by atoms with Crippen LogP contribution >= 0.6 is 0 Å². The molecule has 6 heteroatoms. The molecule has 0 saturated heterocycles. The maximum atomic E-state index is 3.96. The van der Waals surface area contributed by atoms with Gasteiger partial charge in [-0.25, -0.2) is 0 Å². The van der Waals surface area contributed by atoms with Crippen molar-refractivity contribution in [2.24, 2.45) is 0 Å². The molecule has 52 heavy (non-hydrogen) atoms. The van der Waals surface area contributed by atoms with E-state index < -0.39 is 17.6 Å². The molecular formula is C46H33N5Pt-2. The van der Waals surface area contributed by atoms with Crippen LogP contribution in [0, 0.1) is 12.1 Å². The molecule has 0 amide bonds. The molecule has 3 aliphatic heterocycles. The van der Waals surface area contributed by atoms with Crippen LogP contribution in [0.3, 0.4) is 0 Å². The molecule has 0 radical (unpaired) electrons. The van der Waals surface area contributed by atoms with E-state index in [1.807, 2.05) is 0 Å². The van der Waals surface area contributed by atoms with Crippen molar-refractivity contribution in [2.45, 2.75) is 0 Å². The van der Waals surface area contributed by atoms with Gasteiger partial charge in [0.25, 0.3) is 0 Å². The van der Waals surface area contributed by atoms with Crippen molar-refractivity contribution in [3.8, 4) is 22.3 Å². The van der Waals surface area contributed by atoms with Crippen molar-refractivity contribution in [3.05, 3.63) is 176 Å². The number of fused-ring (bicyclic) bond motifs is 12. The molecule has 4 bridgehead atoms. The maximum absolute atomic E-state index is 3.96. The van der Waals surface area contributed by atoms with Crippen molar-refractivity contribution >= 4 is 59.5 Å². The predicted octanol–water partition coefficient (Wildman–Crippen LogP) is 10.5. The number of hydrogen-bond donors (Lipinski definition) is 0. The normalized spacial score (nSPS) is 14.5. The van der Waals surface area contributed by atoms with Gasteiger partial charge in [0.1, 0.15) is 0 Å². The third kappa shape index (κ3) is 4.81. The average molecular weight is 851 g/mol. The van der Waals surface area contributed by atoms with Crippen LogP contribution in [0.5, 0.6) is 0 Å². The molecule has 0 fully saturated rings. The Balaban J connectivity index is 1.33. The van der Waals surface area contributed by atoms with Gasteiger partial charge >= 0.3 is 314 Å². The standard InChI is InChI=1S/C46H33N5.Pt/c1-47-32-49(44-28-11-9-26-42(44)47)36-20-13-22-38(30-36)51(39-23-14-21-37(31-39)50-33-48(2)43-27-10-12-29-45(43)50)46-40(34-16-5-3-6-17-34)24-15-25-41(46)35-18-7-4-8-19-35;/h3-29H,1-2H3;/q-2;. The number of benzene rings is 7. The summed E-state index contributed by atoms with van der Waals surface area (Å²) in [4.78, 5) is 12.0. The van der Waals surface area contributed by atoms with E-state index in [-0.39, 0.29) is 0 Å². The van der Waals surface area contributed by atoms with Gasteiger partial charge < -0.3 is 0 Å². The topological polar surface area (TPSA) is 16.2 Å². The number of anilines is 9. The Kier molecular flexibility index (Phi) is 7.29. The van der Waals surface area contributed by atoms with Crippen LogP contribution in [0.15, 0.2) is 164 Å². The van der Waals surface area contributed by atoms with Gasteiger partial charge in [-0.05, 0) is 0 Å². The van der Waals surface area contributed by atoms with Crippen LogP contribution in [-0.2, 0) is 17.6 Å². The van der Waals surface area contributed by atoms with Crippen LogP contribution < -0.4 is 24.5 Å². The first-order valence-electron chi connectivity index (χ1n) is 17.3. The van der Waals surface area contributed by atoms with Gasteiger partial charge in [0, 0.05) is 0 Å². The minimum atomic E-state index is -0.741. The summed E-state index contributed by atoms with van der Waals surface area (Å²) in [6.45, 7) is 0. The Hall–Kier alpha value is -6.03. The fourth-order valence-corrected chi connectivity index (χ4v) is 10.9. The van der Waals surface area contributed by atoms with Crippen molar-refractivity contribution in [1.29, 1.82) is 0 Å². The summed E-state index contributed by atoms with van der Waals surface area (Å²) in [5.74, 6) is 0. The van der Waals surface area contributed by atoms with Gasteiger partial charge in [0.15, 0.2) is 0 Å². The molecule has 0 aromatic heterocycles. The number of para-hydroxylation sites is 5. The molecule has 0 atom stereocenters. The molecule has 10 rings (SSSR count). The van der Waals surface area contributed by atoms with Crippen LogP contribution in [0.1, 0.15) is 0 Å². The molecular weight excluding hydrogens is 818 g/mol. The summed E-state index contributed by atoms with van der Waals surface area (Å²) >= 11 is -0.741. The zero-order chi connectivity index (χ0) is 34.8. The SMILES string of the molecule is CN1[C]2=[Pt]=[C]3N(C)c4ccccc4N3c3[c-]c(ccc3)N(c3c(-c4ccccc4)cccc3-c3ccccc3)c3[c-]c(ccc3)N2c2ccccc21. The number of rotatable bonds is 3. The van der Waals surface area contributed by atoms with E-state index in [2.05, 4.69) is 215 Å². The third-order valence-corrected chi connectivity index (χ3v) is 13.4. The van der Waals surface area contributed by atoms with Gasteiger partial charge in [-0.1, -0.05) is 0 Å². The number of nitrogens with zero attached hydrogens (tertiary/aromatic N) is 5. The first-order valence-corrected chi connectivity index (χ1v) is 19.6. The molecule has 0 unspecified atom stereocenters. The zero-order valence-electron chi connectivity index (χ0n) is 28.6. The van der Waals surface area contributed by atoms with E-state index in [4.69, 9.17) is 0 Å². The van der Waals surface area contributed by atoms with Crippen LogP contribution in [0.4, 0.5) is 51.2 Å². The Bertz CT molecular complexity index is 2410. The third-order valence-electron chi connectivity index (χ3n) is 9.88.